The summed E-state index contributed by atoms with van der Waals surface area (Å²) in [6, 6.07) is 2.31. The van der Waals surface area contributed by atoms with E-state index in [-0.39, 0.29) is 5.91 Å². The van der Waals surface area contributed by atoms with Gasteiger partial charge in [-0.3, -0.25) is 9.69 Å². The zero-order valence-electron chi connectivity index (χ0n) is 13.2. The van der Waals surface area contributed by atoms with E-state index in [0.717, 1.165) is 37.4 Å². The molecule has 0 spiro atoms. The molecule has 1 N–H and O–H groups in total. The Balaban J connectivity index is 1.69. The van der Waals surface area contributed by atoms with Crippen LogP contribution in [0.4, 0.5) is 5.00 Å². The molecule has 1 atom stereocenters. The lowest BCUT2D eigenvalue weighted by molar-refractivity contribution is -0.117. The number of rotatable bonds is 3. The van der Waals surface area contributed by atoms with Gasteiger partial charge in [0, 0.05) is 4.88 Å². The van der Waals surface area contributed by atoms with Gasteiger partial charge in [-0.1, -0.05) is 13.3 Å². The molecule has 1 fully saturated rings. The molecule has 4 nitrogen and oxygen atoms in total. The van der Waals surface area contributed by atoms with Gasteiger partial charge in [0.1, 0.15) is 11.1 Å². The number of carbonyl (C=O) groups is 1. The van der Waals surface area contributed by atoms with E-state index in [1.165, 1.54) is 29.7 Å². The lowest BCUT2D eigenvalue weighted by atomic mass is 9.89. The van der Waals surface area contributed by atoms with Crippen molar-refractivity contribution < 1.29 is 4.79 Å². The lowest BCUT2D eigenvalue weighted by Crippen LogP contribution is -2.36. The van der Waals surface area contributed by atoms with Crippen molar-refractivity contribution in [2.24, 2.45) is 5.92 Å². The molecule has 1 saturated heterocycles. The summed E-state index contributed by atoms with van der Waals surface area (Å²) in [7, 11) is 0. The summed E-state index contributed by atoms with van der Waals surface area (Å²) < 4.78 is 0. The molecule has 1 amide bonds. The Morgan fingerprint density at radius 1 is 1.41 bits per heavy atom. The van der Waals surface area contributed by atoms with Crippen LogP contribution in [0.3, 0.4) is 0 Å². The van der Waals surface area contributed by atoms with Crippen LogP contribution in [0.5, 0.6) is 0 Å². The smallest absolute Gasteiger partial charge is 0.239 e. The van der Waals surface area contributed by atoms with E-state index in [9.17, 15) is 10.1 Å². The van der Waals surface area contributed by atoms with E-state index < -0.39 is 0 Å². The summed E-state index contributed by atoms with van der Waals surface area (Å²) >= 11 is 1.61. The number of nitrogens with zero attached hydrogens (tertiary/aromatic N) is 2. The predicted octanol–water partition coefficient (Wildman–Crippen LogP) is 3.17. The molecule has 0 aromatic carbocycles. The van der Waals surface area contributed by atoms with Crippen LogP contribution >= 0.6 is 11.3 Å². The van der Waals surface area contributed by atoms with Crippen LogP contribution in [-0.2, 0) is 17.6 Å². The predicted molar refractivity (Wildman–Crippen MR) is 89.1 cm³/mol. The molecule has 2 heterocycles. The standard InChI is InChI=1S/C17H23N3OS/c1-12-5-6-13-14(10-18)17(22-15(13)9-12)19-16(21)11-20-7-3-2-4-8-20/h12H,2-9,11H2,1H3,(H,19,21)/t12-/m1/s1. The van der Waals surface area contributed by atoms with Crippen LogP contribution in [0.15, 0.2) is 0 Å². The number of hydrogen-bond donors (Lipinski definition) is 1. The summed E-state index contributed by atoms with van der Waals surface area (Å²) in [5, 5.41) is 13.2. The molecule has 0 radical (unpaired) electrons. The summed E-state index contributed by atoms with van der Waals surface area (Å²) in [6.45, 7) is 4.72. The number of piperidine rings is 1. The number of nitriles is 1. The Morgan fingerprint density at radius 3 is 2.91 bits per heavy atom. The first-order valence-corrected chi connectivity index (χ1v) is 9.06. The van der Waals surface area contributed by atoms with Crippen LogP contribution in [0.1, 0.15) is 48.6 Å². The van der Waals surface area contributed by atoms with Crippen molar-refractivity contribution in [2.75, 3.05) is 25.0 Å². The number of anilines is 1. The molecule has 1 aromatic heterocycles. The second-order valence-corrected chi connectivity index (χ2v) is 7.66. The molecule has 0 bridgehead atoms. The zero-order valence-corrected chi connectivity index (χ0v) is 14.0. The van der Waals surface area contributed by atoms with Crippen LogP contribution in [-0.4, -0.2) is 30.4 Å². The molecule has 22 heavy (non-hydrogen) atoms. The van der Waals surface area contributed by atoms with Crippen molar-refractivity contribution in [1.82, 2.24) is 4.90 Å². The van der Waals surface area contributed by atoms with Crippen LogP contribution in [0.25, 0.3) is 0 Å². The third kappa shape index (κ3) is 3.34. The molecule has 3 rings (SSSR count). The number of fused-ring (bicyclic) bond motifs is 1. The molecule has 0 unspecified atom stereocenters. The molecule has 5 heteroatoms. The Hall–Kier alpha value is -1.38. The highest BCUT2D eigenvalue weighted by molar-refractivity contribution is 7.16. The van der Waals surface area contributed by atoms with Gasteiger partial charge in [0.05, 0.1) is 12.1 Å². The van der Waals surface area contributed by atoms with Gasteiger partial charge in [0.2, 0.25) is 5.91 Å². The Morgan fingerprint density at radius 2 is 2.18 bits per heavy atom. The third-order valence-corrected chi connectivity index (χ3v) is 5.86. The molecular weight excluding hydrogens is 294 g/mol. The highest BCUT2D eigenvalue weighted by Gasteiger charge is 2.25. The molecule has 118 valence electrons. The van der Waals surface area contributed by atoms with Crippen LogP contribution in [0, 0.1) is 17.2 Å². The molecule has 0 saturated carbocycles. The highest BCUT2D eigenvalue weighted by atomic mass is 32.1. The highest BCUT2D eigenvalue weighted by Crippen LogP contribution is 2.39. The summed E-state index contributed by atoms with van der Waals surface area (Å²) in [4.78, 5) is 15.8. The van der Waals surface area contributed by atoms with Crippen LogP contribution < -0.4 is 5.32 Å². The van der Waals surface area contributed by atoms with E-state index in [1.54, 1.807) is 11.3 Å². The van der Waals surface area contributed by atoms with E-state index in [0.29, 0.717) is 18.0 Å². The SMILES string of the molecule is C[C@@H]1CCc2c(sc(NC(=O)CN3CCCCC3)c2C#N)C1. The second-order valence-electron chi connectivity index (χ2n) is 6.55. The van der Waals surface area contributed by atoms with Gasteiger partial charge in [-0.15, -0.1) is 11.3 Å². The van der Waals surface area contributed by atoms with Gasteiger partial charge >= 0.3 is 0 Å². The molecule has 2 aliphatic rings. The first-order valence-electron chi connectivity index (χ1n) is 8.24. The quantitative estimate of drug-likeness (QED) is 0.931. The van der Waals surface area contributed by atoms with Crippen molar-refractivity contribution in [2.45, 2.75) is 45.4 Å². The topological polar surface area (TPSA) is 56.1 Å². The number of thiophene rings is 1. The largest absolute Gasteiger partial charge is 0.315 e. The maximum Gasteiger partial charge on any atom is 0.239 e. The molecule has 1 aromatic rings. The average molecular weight is 317 g/mol. The van der Waals surface area contributed by atoms with Crippen molar-refractivity contribution in [1.29, 1.82) is 5.26 Å². The van der Waals surface area contributed by atoms with Crippen molar-refractivity contribution in [3.63, 3.8) is 0 Å². The first kappa shape index (κ1) is 15.5. The summed E-state index contributed by atoms with van der Waals surface area (Å²) in [6.07, 6.45) is 6.78. The van der Waals surface area contributed by atoms with Crippen molar-refractivity contribution >= 4 is 22.2 Å². The van der Waals surface area contributed by atoms with Crippen molar-refractivity contribution in [3.8, 4) is 6.07 Å². The summed E-state index contributed by atoms with van der Waals surface area (Å²) in [5.74, 6) is 0.694. The number of carbonyl (C=O) groups excluding carboxylic acids is 1. The van der Waals surface area contributed by atoms with E-state index in [1.807, 2.05) is 0 Å². The van der Waals surface area contributed by atoms with E-state index in [4.69, 9.17) is 0 Å². The number of nitrogens with one attached hydrogen (secondary N) is 1. The minimum absolute atomic E-state index is 0.0186. The van der Waals surface area contributed by atoms with E-state index in [2.05, 4.69) is 23.2 Å². The average Bonchev–Trinajstić information content (AvgIpc) is 2.84. The van der Waals surface area contributed by atoms with Crippen molar-refractivity contribution in [3.05, 3.63) is 16.0 Å². The Bertz CT molecular complexity index is 596. The fraction of sp³-hybridized carbons (Fsp3) is 0.647. The zero-order chi connectivity index (χ0) is 15.5. The number of amides is 1. The van der Waals surface area contributed by atoms with Gasteiger partial charge in [-0.25, -0.2) is 0 Å². The minimum atomic E-state index is 0.0186. The third-order valence-electron chi connectivity index (χ3n) is 4.69. The van der Waals surface area contributed by atoms with E-state index >= 15 is 0 Å². The first-order chi connectivity index (χ1) is 10.7. The maximum atomic E-state index is 12.3. The van der Waals surface area contributed by atoms with Gasteiger partial charge in [0.15, 0.2) is 0 Å². The van der Waals surface area contributed by atoms with Gasteiger partial charge in [-0.2, -0.15) is 5.26 Å². The number of likely N-dealkylation sites (tertiary alicyclic amines) is 1. The Kier molecular flexibility index (Phi) is 4.80. The lowest BCUT2D eigenvalue weighted by Gasteiger charge is -2.25. The maximum absolute atomic E-state index is 12.3. The number of hydrogen-bond acceptors (Lipinski definition) is 4. The van der Waals surface area contributed by atoms with Gasteiger partial charge < -0.3 is 5.32 Å². The molecule has 1 aliphatic carbocycles. The monoisotopic (exact) mass is 317 g/mol. The minimum Gasteiger partial charge on any atom is -0.315 e. The fourth-order valence-corrected chi connectivity index (χ4v) is 4.82. The normalized spacial score (nSPS) is 21.9. The van der Waals surface area contributed by atoms with Gasteiger partial charge in [-0.05, 0) is 56.7 Å². The van der Waals surface area contributed by atoms with Gasteiger partial charge in [0.25, 0.3) is 0 Å². The fourth-order valence-electron chi connectivity index (χ4n) is 3.44. The molecule has 1 aliphatic heterocycles. The summed E-state index contributed by atoms with van der Waals surface area (Å²) in [5.41, 5.74) is 1.89. The Labute approximate surface area is 136 Å². The molecular formula is C17H23N3OS. The van der Waals surface area contributed by atoms with Crippen LogP contribution in [0.2, 0.25) is 0 Å². The second kappa shape index (κ2) is 6.80.